The quantitative estimate of drug-likeness (QED) is 0.763. The number of methoxy groups -OCH3 is 1. The fraction of sp³-hybridized carbons (Fsp3) is 0.462. The third-order valence-corrected chi connectivity index (χ3v) is 2.48. The normalized spacial score (nSPS) is 12.1. The number of carboxylic acids is 1. The first-order chi connectivity index (χ1) is 8.13. The van der Waals surface area contributed by atoms with Crippen LogP contribution < -0.4 is 5.32 Å². The van der Waals surface area contributed by atoms with E-state index < -0.39 is 5.97 Å². The minimum atomic E-state index is -0.792. The van der Waals surface area contributed by atoms with Crippen molar-refractivity contribution in [2.75, 3.05) is 19.0 Å². The first kappa shape index (κ1) is 13.5. The van der Waals surface area contributed by atoms with E-state index in [0.717, 1.165) is 17.7 Å². The molecule has 0 heterocycles. The van der Waals surface area contributed by atoms with Crippen molar-refractivity contribution in [1.29, 1.82) is 0 Å². The lowest BCUT2D eigenvalue weighted by Gasteiger charge is -2.16. The van der Waals surface area contributed by atoms with Crippen LogP contribution in [-0.4, -0.2) is 30.8 Å². The molecule has 1 unspecified atom stereocenters. The van der Waals surface area contributed by atoms with Gasteiger partial charge in [0.05, 0.1) is 13.0 Å². The fourth-order valence-corrected chi connectivity index (χ4v) is 1.67. The van der Waals surface area contributed by atoms with Gasteiger partial charge in [-0.3, -0.25) is 4.79 Å². The third-order valence-electron chi connectivity index (χ3n) is 2.48. The van der Waals surface area contributed by atoms with Gasteiger partial charge in [0.1, 0.15) is 0 Å². The summed E-state index contributed by atoms with van der Waals surface area (Å²) in [5.74, 6) is -0.792. The molecule has 0 fully saturated rings. The van der Waals surface area contributed by atoms with Crippen LogP contribution in [0.2, 0.25) is 0 Å². The average molecular weight is 237 g/mol. The van der Waals surface area contributed by atoms with E-state index >= 15 is 0 Å². The van der Waals surface area contributed by atoms with Crippen molar-refractivity contribution in [3.63, 3.8) is 0 Å². The van der Waals surface area contributed by atoms with Crippen LogP contribution in [0.5, 0.6) is 0 Å². The molecule has 4 nitrogen and oxygen atoms in total. The Labute approximate surface area is 102 Å². The van der Waals surface area contributed by atoms with Gasteiger partial charge in [0.15, 0.2) is 0 Å². The summed E-state index contributed by atoms with van der Waals surface area (Å²) in [7, 11) is 1.67. The van der Waals surface area contributed by atoms with Gasteiger partial charge in [0.25, 0.3) is 0 Å². The number of hydrogen-bond donors (Lipinski definition) is 2. The van der Waals surface area contributed by atoms with Crippen LogP contribution in [0.1, 0.15) is 18.9 Å². The summed E-state index contributed by atoms with van der Waals surface area (Å²) < 4.78 is 5.05. The largest absolute Gasteiger partial charge is 0.481 e. The van der Waals surface area contributed by atoms with Gasteiger partial charge in [-0.15, -0.1) is 0 Å². The molecule has 0 bridgehead atoms. The molecule has 0 aromatic heterocycles. The molecule has 94 valence electrons. The average Bonchev–Trinajstić information content (AvgIpc) is 2.26. The van der Waals surface area contributed by atoms with Crippen molar-refractivity contribution in [3.8, 4) is 0 Å². The van der Waals surface area contributed by atoms with Crippen molar-refractivity contribution in [3.05, 3.63) is 29.8 Å². The highest BCUT2D eigenvalue weighted by Gasteiger charge is 2.09. The van der Waals surface area contributed by atoms with Gasteiger partial charge >= 0.3 is 5.97 Å². The maximum absolute atomic E-state index is 10.6. The molecule has 0 aliphatic heterocycles. The Morgan fingerprint density at radius 2 is 2.18 bits per heavy atom. The highest BCUT2D eigenvalue weighted by atomic mass is 16.5. The first-order valence-electron chi connectivity index (χ1n) is 5.68. The minimum absolute atomic E-state index is 0.0869. The fourth-order valence-electron chi connectivity index (χ4n) is 1.67. The van der Waals surface area contributed by atoms with Gasteiger partial charge in [-0.2, -0.15) is 0 Å². The van der Waals surface area contributed by atoms with Crippen LogP contribution in [0.3, 0.4) is 0 Å². The molecule has 17 heavy (non-hydrogen) atoms. The molecular formula is C13H19NO3. The third kappa shape index (κ3) is 4.87. The number of nitrogens with one attached hydrogen (secondary N) is 1. The SMILES string of the molecule is COCCc1ccccc1NC(C)CC(=O)O. The summed E-state index contributed by atoms with van der Waals surface area (Å²) in [5.41, 5.74) is 2.13. The second-order valence-corrected chi connectivity index (χ2v) is 4.04. The molecule has 0 saturated carbocycles. The molecule has 0 aliphatic rings. The highest BCUT2D eigenvalue weighted by molar-refractivity contribution is 5.68. The van der Waals surface area contributed by atoms with E-state index in [9.17, 15) is 4.79 Å². The Kier molecular flexibility index (Phi) is 5.49. The predicted molar refractivity (Wildman–Crippen MR) is 67.4 cm³/mol. The molecule has 1 aromatic rings. The number of hydrogen-bond acceptors (Lipinski definition) is 3. The molecule has 1 rings (SSSR count). The standard InChI is InChI=1S/C13H19NO3/c1-10(9-13(15)16)14-12-6-4-3-5-11(12)7-8-17-2/h3-6,10,14H,7-9H2,1-2H3,(H,15,16). The number of rotatable bonds is 7. The molecule has 1 atom stereocenters. The summed E-state index contributed by atoms with van der Waals surface area (Å²) in [6.07, 6.45) is 0.929. The summed E-state index contributed by atoms with van der Waals surface area (Å²) in [6, 6.07) is 7.80. The van der Waals surface area contributed by atoms with Crippen LogP contribution in [0.4, 0.5) is 5.69 Å². The molecule has 0 amide bonds. The van der Waals surface area contributed by atoms with Crippen molar-refractivity contribution in [2.24, 2.45) is 0 Å². The van der Waals surface area contributed by atoms with Gasteiger partial charge < -0.3 is 15.2 Å². The van der Waals surface area contributed by atoms with Gasteiger partial charge in [0.2, 0.25) is 0 Å². The smallest absolute Gasteiger partial charge is 0.305 e. The molecule has 2 N–H and O–H groups in total. The molecule has 0 aliphatic carbocycles. The van der Waals surface area contributed by atoms with E-state index in [2.05, 4.69) is 5.32 Å². The lowest BCUT2D eigenvalue weighted by Crippen LogP contribution is -2.20. The summed E-state index contributed by atoms with van der Waals surface area (Å²) >= 11 is 0. The van der Waals surface area contributed by atoms with Gasteiger partial charge in [-0.05, 0) is 25.0 Å². The number of ether oxygens (including phenoxy) is 1. The second kappa shape index (κ2) is 6.91. The van der Waals surface area contributed by atoms with E-state index in [1.54, 1.807) is 7.11 Å². The van der Waals surface area contributed by atoms with E-state index in [-0.39, 0.29) is 12.5 Å². The first-order valence-corrected chi connectivity index (χ1v) is 5.68. The minimum Gasteiger partial charge on any atom is -0.481 e. The van der Waals surface area contributed by atoms with E-state index in [1.807, 2.05) is 31.2 Å². The van der Waals surface area contributed by atoms with Gasteiger partial charge in [-0.25, -0.2) is 0 Å². The summed E-state index contributed by atoms with van der Waals surface area (Å²) in [6.45, 7) is 2.52. The topological polar surface area (TPSA) is 58.6 Å². The molecule has 4 heteroatoms. The van der Waals surface area contributed by atoms with Crippen molar-refractivity contribution in [1.82, 2.24) is 0 Å². The molecular weight excluding hydrogens is 218 g/mol. The van der Waals surface area contributed by atoms with Crippen LogP contribution in [0, 0.1) is 0 Å². The number of benzene rings is 1. The van der Waals surface area contributed by atoms with Gasteiger partial charge in [-0.1, -0.05) is 18.2 Å². The number of carbonyl (C=O) groups is 1. The molecule has 0 saturated heterocycles. The summed E-state index contributed by atoms with van der Waals surface area (Å²) in [5, 5.41) is 11.9. The van der Waals surface area contributed by atoms with Crippen molar-refractivity contribution < 1.29 is 14.6 Å². The van der Waals surface area contributed by atoms with Crippen LogP contribution in [0.15, 0.2) is 24.3 Å². The van der Waals surface area contributed by atoms with Crippen LogP contribution in [0.25, 0.3) is 0 Å². The van der Waals surface area contributed by atoms with E-state index in [4.69, 9.17) is 9.84 Å². The predicted octanol–water partition coefficient (Wildman–Crippen LogP) is 2.15. The highest BCUT2D eigenvalue weighted by Crippen LogP contribution is 2.17. The lowest BCUT2D eigenvalue weighted by molar-refractivity contribution is -0.137. The maximum Gasteiger partial charge on any atom is 0.305 e. The summed E-state index contributed by atoms with van der Waals surface area (Å²) in [4.78, 5) is 10.6. The molecule has 1 aromatic carbocycles. The number of aliphatic carboxylic acids is 1. The zero-order chi connectivity index (χ0) is 12.7. The van der Waals surface area contributed by atoms with Crippen LogP contribution in [-0.2, 0) is 16.0 Å². The Hall–Kier alpha value is -1.55. The monoisotopic (exact) mass is 237 g/mol. The Bertz CT molecular complexity index is 365. The number of anilines is 1. The number of carboxylic acid groups (broad SMARTS) is 1. The Morgan fingerprint density at radius 1 is 1.47 bits per heavy atom. The van der Waals surface area contributed by atoms with Crippen molar-refractivity contribution >= 4 is 11.7 Å². The Balaban J connectivity index is 2.65. The zero-order valence-electron chi connectivity index (χ0n) is 10.3. The van der Waals surface area contributed by atoms with E-state index in [1.165, 1.54) is 0 Å². The van der Waals surface area contributed by atoms with Crippen molar-refractivity contribution in [2.45, 2.75) is 25.8 Å². The maximum atomic E-state index is 10.6. The molecule has 0 spiro atoms. The second-order valence-electron chi connectivity index (χ2n) is 4.04. The number of para-hydroxylation sites is 1. The van der Waals surface area contributed by atoms with Crippen LogP contribution >= 0.6 is 0 Å². The Morgan fingerprint density at radius 3 is 2.82 bits per heavy atom. The van der Waals surface area contributed by atoms with Gasteiger partial charge in [0, 0.05) is 18.8 Å². The zero-order valence-corrected chi connectivity index (χ0v) is 10.3. The van der Waals surface area contributed by atoms with E-state index in [0.29, 0.717) is 6.61 Å². The molecule has 0 radical (unpaired) electrons. The lowest BCUT2D eigenvalue weighted by atomic mass is 10.1.